The number of nitrogens with zero attached hydrogens (tertiary/aromatic N) is 1. The van der Waals surface area contributed by atoms with Crippen LogP contribution in [0.15, 0.2) is 91.1 Å². The highest BCUT2D eigenvalue weighted by molar-refractivity contribution is 6.43. The Labute approximate surface area is 163 Å². The molecule has 138 valence electrons. The van der Waals surface area contributed by atoms with Crippen molar-refractivity contribution in [2.75, 3.05) is 0 Å². The highest BCUT2D eigenvalue weighted by Crippen LogP contribution is 2.28. The van der Waals surface area contributed by atoms with Gasteiger partial charge in [-0.2, -0.15) is 0 Å². The first kappa shape index (κ1) is 17.7. The summed E-state index contributed by atoms with van der Waals surface area (Å²) in [6.45, 7) is 1.87. The summed E-state index contributed by atoms with van der Waals surface area (Å²) >= 11 is 0. The van der Waals surface area contributed by atoms with E-state index in [1.807, 2.05) is 98.0 Å². The smallest absolute Gasteiger partial charge is 0.294 e. The third-order valence-electron chi connectivity index (χ3n) is 4.83. The molecule has 0 saturated heterocycles. The van der Waals surface area contributed by atoms with Crippen molar-refractivity contribution in [1.82, 2.24) is 9.72 Å². The highest BCUT2D eigenvalue weighted by atomic mass is 16.2. The summed E-state index contributed by atoms with van der Waals surface area (Å²) in [4.78, 5) is 25.9. The Morgan fingerprint density at radius 1 is 0.857 bits per heavy atom. The number of aromatic nitrogens is 1. The molecule has 0 aliphatic heterocycles. The van der Waals surface area contributed by atoms with E-state index in [1.165, 1.54) is 0 Å². The van der Waals surface area contributed by atoms with E-state index in [4.69, 9.17) is 0 Å². The van der Waals surface area contributed by atoms with Crippen LogP contribution in [0.4, 0.5) is 0 Å². The molecule has 2 aromatic heterocycles. The zero-order valence-corrected chi connectivity index (χ0v) is 15.5. The zero-order chi connectivity index (χ0) is 19.5. The summed E-state index contributed by atoms with van der Waals surface area (Å²) in [5.74, 6) is -1.16. The van der Waals surface area contributed by atoms with Crippen molar-refractivity contribution in [3.05, 3.63) is 102 Å². The summed E-state index contributed by atoms with van der Waals surface area (Å²) in [7, 11) is 0. The molecule has 28 heavy (non-hydrogen) atoms. The van der Waals surface area contributed by atoms with Crippen molar-refractivity contribution < 1.29 is 9.59 Å². The number of pyridine rings is 1. The number of ketones is 1. The van der Waals surface area contributed by atoms with Crippen molar-refractivity contribution >= 4 is 17.2 Å². The predicted molar refractivity (Wildman–Crippen MR) is 110 cm³/mol. The number of carbonyl (C=O) groups excluding carboxylic acids is 2. The molecule has 2 heterocycles. The average Bonchev–Trinajstić information content (AvgIpc) is 3.14. The second-order valence-corrected chi connectivity index (χ2v) is 6.70. The van der Waals surface area contributed by atoms with E-state index in [9.17, 15) is 9.59 Å². The molecule has 1 amide bonds. The Bertz CT molecular complexity index is 1130. The molecule has 0 spiro atoms. The summed E-state index contributed by atoms with van der Waals surface area (Å²) in [6, 6.07) is 26.6. The largest absolute Gasteiger partial charge is 0.343 e. The number of nitrogens with one attached hydrogen (secondary N) is 1. The van der Waals surface area contributed by atoms with Gasteiger partial charge in [0, 0.05) is 17.3 Å². The van der Waals surface area contributed by atoms with Gasteiger partial charge in [-0.15, -0.1) is 0 Å². The van der Waals surface area contributed by atoms with Crippen molar-refractivity contribution in [2.45, 2.75) is 13.0 Å². The first-order valence-electron chi connectivity index (χ1n) is 9.21. The molecule has 1 N–H and O–H groups in total. The van der Waals surface area contributed by atoms with E-state index in [0.29, 0.717) is 5.69 Å². The number of fused-ring (bicyclic) bond motifs is 1. The van der Waals surface area contributed by atoms with Crippen LogP contribution in [0.25, 0.3) is 16.6 Å². The molecule has 0 bridgehead atoms. The maximum atomic E-state index is 13.1. The fraction of sp³-hybridized carbons (Fsp3) is 0.0833. The Morgan fingerprint density at radius 3 is 2.21 bits per heavy atom. The van der Waals surface area contributed by atoms with Crippen molar-refractivity contribution in [2.24, 2.45) is 0 Å². The average molecular weight is 368 g/mol. The Hall–Kier alpha value is -3.66. The second-order valence-electron chi connectivity index (χ2n) is 6.70. The quantitative estimate of drug-likeness (QED) is 0.411. The lowest BCUT2D eigenvalue weighted by molar-refractivity contribution is -0.117. The first-order valence-corrected chi connectivity index (χ1v) is 9.21. The van der Waals surface area contributed by atoms with Gasteiger partial charge in [0.15, 0.2) is 0 Å². The van der Waals surface area contributed by atoms with E-state index < -0.39 is 11.7 Å². The molecule has 0 unspecified atom stereocenters. The normalized spacial score (nSPS) is 11.9. The molecule has 0 fully saturated rings. The van der Waals surface area contributed by atoms with E-state index in [0.717, 1.165) is 22.2 Å². The van der Waals surface area contributed by atoms with Gasteiger partial charge in [0.1, 0.15) is 5.69 Å². The molecular weight excluding hydrogens is 348 g/mol. The lowest BCUT2D eigenvalue weighted by atomic mass is 10.0. The molecule has 4 aromatic rings. The second kappa shape index (κ2) is 7.53. The Balaban J connectivity index is 1.71. The lowest BCUT2D eigenvalue weighted by Gasteiger charge is -2.14. The summed E-state index contributed by atoms with van der Waals surface area (Å²) < 4.78 is 1.78. The number of carbonyl (C=O) groups is 2. The van der Waals surface area contributed by atoms with E-state index in [-0.39, 0.29) is 6.04 Å². The third-order valence-corrected chi connectivity index (χ3v) is 4.83. The van der Waals surface area contributed by atoms with Gasteiger partial charge in [-0.05, 0) is 36.2 Å². The molecule has 4 nitrogen and oxygen atoms in total. The standard InChI is InChI=1S/C24H20N2O2/c1-17(18-10-4-2-5-11-18)25-24(28)23(27)22-21(19-12-6-3-7-13-19)16-20-14-8-9-15-26(20)22/h2-17H,1H3,(H,25,28)/t17-/m1/s1. The monoisotopic (exact) mass is 368 g/mol. The van der Waals surface area contributed by atoms with Crippen LogP contribution >= 0.6 is 0 Å². The van der Waals surface area contributed by atoms with Gasteiger partial charge < -0.3 is 9.72 Å². The lowest BCUT2D eigenvalue weighted by Crippen LogP contribution is -2.34. The van der Waals surface area contributed by atoms with E-state index in [1.54, 1.807) is 4.40 Å². The van der Waals surface area contributed by atoms with Gasteiger partial charge in [-0.3, -0.25) is 9.59 Å². The number of rotatable bonds is 5. The molecule has 0 radical (unpaired) electrons. The minimum absolute atomic E-state index is 0.260. The summed E-state index contributed by atoms with van der Waals surface area (Å²) in [5, 5.41) is 2.83. The Kier molecular flexibility index (Phi) is 4.77. The molecule has 4 rings (SSSR count). The van der Waals surface area contributed by atoms with Crippen LogP contribution in [-0.4, -0.2) is 16.1 Å². The maximum absolute atomic E-state index is 13.1. The van der Waals surface area contributed by atoms with E-state index in [2.05, 4.69) is 5.32 Å². The number of hydrogen-bond donors (Lipinski definition) is 1. The number of amides is 1. The van der Waals surface area contributed by atoms with Gasteiger partial charge in [-0.25, -0.2) is 0 Å². The van der Waals surface area contributed by atoms with Crippen LogP contribution in [0.5, 0.6) is 0 Å². The van der Waals surface area contributed by atoms with Crippen LogP contribution in [0.1, 0.15) is 29.0 Å². The number of Topliss-reactive ketones (excluding diaryl/α,β-unsaturated/α-hetero) is 1. The highest BCUT2D eigenvalue weighted by Gasteiger charge is 2.25. The van der Waals surface area contributed by atoms with Crippen molar-refractivity contribution in [3.63, 3.8) is 0 Å². The van der Waals surface area contributed by atoms with Crippen LogP contribution < -0.4 is 5.32 Å². The van der Waals surface area contributed by atoms with Gasteiger partial charge in [0.2, 0.25) is 0 Å². The van der Waals surface area contributed by atoms with Crippen LogP contribution in [-0.2, 0) is 4.79 Å². The zero-order valence-electron chi connectivity index (χ0n) is 15.5. The SMILES string of the molecule is C[C@@H](NC(=O)C(=O)c1c(-c2ccccc2)cc2ccccn12)c1ccccc1. The van der Waals surface area contributed by atoms with Crippen LogP contribution in [0.3, 0.4) is 0 Å². The first-order chi connectivity index (χ1) is 13.6. The third kappa shape index (κ3) is 3.32. The van der Waals surface area contributed by atoms with Gasteiger partial charge >= 0.3 is 0 Å². The number of benzene rings is 2. The molecule has 4 heteroatoms. The molecule has 0 aliphatic carbocycles. The molecule has 2 aromatic carbocycles. The maximum Gasteiger partial charge on any atom is 0.294 e. The van der Waals surface area contributed by atoms with Crippen molar-refractivity contribution in [1.29, 1.82) is 0 Å². The summed E-state index contributed by atoms with van der Waals surface area (Å²) in [5.41, 5.74) is 3.85. The summed E-state index contributed by atoms with van der Waals surface area (Å²) in [6.07, 6.45) is 1.81. The van der Waals surface area contributed by atoms with Gasteiger partial charge in [0.05, 0.1) is 6.04 Å². The van der Waals surface area contributed by atoms with Gasteiger partial charge in [-0.1, -0.05) is 66.7 Å². The Morgan fingerprint density at radius 2 is 1.50 bits per heavy atom. The molecule has 0 saturated carbocycles. The minimum Gasteiger partial charge on any atom is -0.343 e. The van der Waals surface area contributed by atoms with Crippen LogP contribution in [0, 0.1) is 0 Å². The molecule has 0 aliphatic rings. The molecular formula is C24H20N2O2. The topological polar surface area (TPSA) is 50.6 Å². The minimum atomic E-state index is -0.614. The predicted octanol–water partition coefficient (Wildman–Crippen LogP) is 4.67. The van der Waals surface area contributed by atoms with Crippen LogP contribution in [0.2, 0.25) is 0 Å². The van der Waals surface area contributed by atoms with Gasteiger partial charge in [0.25, 0.3) is 11.7 Å². The fourth-order valence-electron chi connectivity index (χ4n) is 3.39. The number of hydrogen-bond acceptors (Lipinski definition) is 2. The molecule has 1 atom stereocenters. The van der Waals surface area contributed by atoms with Crippen molar-refractivity contribution in [3.8, 4) is 11.1 Å². The van der Waals surface area contributed by atoms with E-state index >= 15 is 0 Å². The fourth-order valence-corrected chi connectivity index (χ4v) is 3.39.